The fourth-order valence-corrected chi connectivity index (χ4v) is 7.83. The Labute approximate surface area is 236 Å². The van der Waals surface area contributed by atoms with Crippen LogP contribution in [0.3, 0.4) is 0 Å². The maximum atomic E-state index is 13.7. The molecule has 4 aromatic rings. The van der Waals surface area contributed by atoms with E-state index in [1.165, 1.54) is 11.8 Å². The largest absolute Gasteiger partial charge is 0.584 e. The van der Waals surface area contributed by atoms with Crippen LogP contribution in [0.4, 0.5) is 0 Å². The van der Waals surface area contributed by atoms with Gasteiger partial charge in [0.15, 0.2) is 0 Å². The summed E-state index contributed by atoms with van der Waals surface area (Å²) in [6, 6.07) is 27.2. The predicted octanol–water partition coefficient (Wildman–Crippen LogP) is 9.02. The first-order chi connectivity index (χ1) is 19.0. The molecular formula is C31H25O5PS2. The maximum Gasteiger partial charge on any atom is 0.584 e. The molecule has 1 N–H and O–H groups in total. The van der Waals surface area contributed by atoms with E-state index in [4.69, 9.17) is 13.8 Å². The summed E-state index contributed by atoms with van der Waals surface area (Å²) in [5, 5.41) is 0. The second-order valence-corrected chi connectivity index (χ2v) is 12.3. The molecule has 1 atom stereocenters. The molecule has 0 aromatic heterocycles. The van der Waals surface area contributed by atoms with Gasteiger partial charge in [-0.05, 0) is 59.5 Å². The molecule has 0 saturated carbocycles. The van der Waals surface area contributed by atoms with E-state index in [2.05, 4.69) is 13.0 Å². The summed E-state index contributed by atoms with van der Waals surface area (Å²) >= 11 is 3.16. The van der Waals surface area contributed by atoms with Gasteiger partial charge >= 0.3 is 7.82 Å². The minimum atomic E-state index is -4.65. The van der Waals surface area contributed by atoms with E-state index in [9.17, 15) is 9.46 Å². The lowest BCUT2D eigenvalue weighted by Crippen LogP contribution is -1.99. The van der Waals surface area contributed by atoms with Crippen molar-refractivity contribution in [2.24, 2.45) is 0 Å². The molecule has 4 aromatic carbocycles. The molecule has 0 radical (unpaired) electrons. The van der Waals surface area contributed by atoms with Gasteiger partial charge in [0, 0.05) is 25.8 Å². The quantitative estimate of drug-likeness (QED) is 0.231. The van der Waals surface area contributed by atoms with Crippen molar-refractivity contribution in [1.82, 2.24) is 0 Å². The normalized spacial score (nSPS) is 15.1. The van der Waals surface area contributed by atoms with Crippen LogP contribution in [0.25, 0.3) is 23.7 Å². The van der Waals surface area contributed by atoms with Crippen LogP contribution in [0.15, 0.2) is 105 Å². The van der Waals surface area contributed by atoms with Crippen molar-refractivity contribution in [2.75, 3.05) is 7.11 Å². The van der Waals surface area contributed by atoms with Crippen LogP contribution in [0.5, 0.6) is 5.75 Å². The molecule has 2 aliphatic heterocycles. The van der Waals surface area contributed by atoms with Crippen LogP contribution in [0.1, 0.15) is 34.7 Å². The molecule has 8 heteroatoms. The third-order valence-electron chi connectivity index (χ3n) is 6.47. The molecule has 1 unspecified atom stereocenters. The highest BCUT2D eigenvalue weighted by molar-refractivity contribution is 7.99. The van der Waals surface area contributed by atoms with Gasteiger partial charge in [0.1, 0.15) is 17.3 Å². The smallest absolute Gasteiger partial charge is 0.496 e. The van der Waals surface area contributed by atoms with Gasteiger partial charge in [0.2, 0.25) is 0 Å². The van der Waals surface area contributed by atoms with Crippen molar-refractivity contribution in [3.63, 3.8) is 0 Å². The first-order valence-electron chi connectivity index (χ1n) is 12.4. The average molecular weight is 573 g/mol. The molecule has 2 heterocycles. The summed E-state index contributed by atoms with van der Waals surface area (Å²) in [7, 11) is -3.04. The van der Waals surface area contributed by atoms with Crippen molar-refractivity contribution in [2.45, 2.75) is 32.9 Å². The molecule has 2 aliphatic rings. The Morgan fingerprint density at radius 2 is 1.26 bits per heavy atom. The zero-order chi connectivity index (χ0) is 27.0. The van der Waals surface area contributed by atoms with Gasteiger partial charge in [0.25, 0.3) is 0 Å². The number of hydrogen-bond donors (Lipinski definition) is 1. The first kappa shape index (κ1) is 25.9. The highest BCUT2D eigenvalue weighted by atomic mass is 32.2. The van der Waals surface area contributed by atoms with E-state index in [1.807, 2.05) is 84.9 Å². The van der Waals surface area contributed by atoms with E-state index in [1.54, 1.807) is 24.9 Å². The van der Waals surface area contributed by atoms with E-state index in [0.717, 1.165) is 48.3 Å². The van der Waals surface area contributed by atoms with E-state index >= 15 is 0 Å². The Balaban J connectivity index is 1.42. The Hall–Kier alpha value is -3.35. The van der Waals surface area contributed by atoms with Crippen molar-refractivity contribution < 1.29 is 23.2 Å². The van der Waals surface area contributed by atoms with Crippen molar-refractivity contribution >= 4 is 55.0 Å². The number of phosphoric acid groups is 1. The Kier molecular flexibility index (Phi) is 7.08. The minimum absolute atomic E-state index is 0.235. The predicted molar refractivity (Wildman–Crippen MR) is 158 cm³/mol. The van der Waals surface area contributed by atoms with E-state index in [-0.39, 0.29) is 5.76 Å². The lowest BCUT2D eigenvalue weighted by molar-refractivity contribution is 0.264. The van der Waals surface area contributed by atoms with E-state index < -0.39 is 7.82 Å². The standard InChI is InChI=1S/C31H25O5PS2/c1-3-20-12-8-13-23-26(18-21-10-4-6-16-28(21)38-30(20)23)35-37(32,33)36-27-19-22-11-5-7-17-29(22)39-31-24(27)14-9-15-25(31)34-2/h4-19H,3H2,1-2H3,(H,32,33). The number of fused-ring (bicyclic) bond motifs is 4. The summed E-state index contributed by atoms with van der Waals surface area (Å²) in [4.78, 5) is 15.0. The summed E-state index contributed by atoms with van der Waals surface area (Å²) in [6.45, 7) is 2.09. The second-order valence-electron chi connectivity index (χ2n) is 8.93. The van der Waals surface area contributed by atoms with Gasteiger partial charge in [-0.2, -0.15) is 0 Å². The van der Waals surface area contributed by atoms with Gasteiger partial charge in [-0.15, -0.1) is 0 Å². The van der Waals surface area contributed by atoms with Crippen molar-refractivity contribution in [3.05, 3.63) is 113 Å². The van der Waals surface area contributed by atoms with Gasteiger partial charge in [-0.25, -0.2) is 4.57 Å². The summed E-state index contributed by atoms with van der Waals surface area (Å²) in [5.41, 5.74) is 4.32. The number of ether oxygens (including phenoxy) is 1. The van der Waals surface area contributed by atoms with Crippen molar-refractivity contribution in [3.8, 4) is 5.75 Å². The molecule has 0 amide bonds. The zero-order valence-electron chi connectivity index (χ0n) is 21.3. The molecule has 6 rings (SSSR count). The van der Waals surface area contributed by atoms with Gasteiger partial charge in [0.05, 0.1) is 12.0 Å². The lowest BCUT2D eigenvalue weighted by atomic mass is 10.1. The first-order valence-corrected chi connectivity index (χ1v) is 15.6. The lowest BCUT2D eigenvalue weighted by Gasteiger charge is -2.20. The Morgan fingerprint density at radius 3 is 1.85 bits per heavy atom. The van der Waals surface area contributed by atoms with Crippen LogP contribution in [-0.2, 0) is 20.0 Å². The van der Waals surface area contributed by atoms with Crippen molar-refractivity contribution in [1.29, 1.82) is 0 Å². The molecule has 0 aliphatic carbocycles. The zero-order valence-corrected chi connectivity index (χ0v) is 23.8. The highest BCUT2D eigenvalue weighted by Crippen LogP contribution is 2.56. The fraction of sp³-hybridized carbons (Fsp3) is 0.0968. The third kappa shape index (κ3) is 5.15. The molecule has 0 fully saturated rings. The fourth-order valence-electron chi connectivity index (χ4n) is 4.62. The third-order valence-corrected chi connectivity index (χ3v) is 9.82. The molecular weight excluding hydrogens is 547 g/mol. The van der Waals surface area contributed by atoms with Gasteiger partial charge < -0.3 is 13.8 Å². The molecule has 39 heavy (non-hydrogen) atoms. The van der Waals surface area contributed by atoms with Gasteiger partial charge in [-0.3, -0.25) is 4.89 Å². The molecule has 0 saturated heterocycles. The number of aryl methyl sites for hydroxylation is 1. The van der Waals surface area contributed by atoms with Crippen LogP contribution in [0.2, 0.25) is 0 Å². The number of rotatable bonds is 6. The van der Waals surface area contributed by atoms with Gasteiger partial charge in [-0.1, -0.05) is 91.1 Å². The average Bonchev–Trinajstić information content (AvgIpc) is 3.19. The number of methoxy groups -OCH3 is 1. The molecule has 0 spiro atoms. The topological polar surface area (TPSA) is 65.0 Å². The van der Waals surface area contributed by atoms with E-state index in [0.29, 0.717) is 17.1 Å². The van der Waals surface area contributed by atoms with Crippen LogP contribution in [-0.4, -0.2) is 12.0 Å². The molecule has 0 bridgehead atoms. The minimum Gasteiger partial charge on any atom is -0.496 e. The number of benzene rings is 4. The Morgan fingerprint density at radius 1 is 0.718 bits per heavy atom. The second kappa shape index (κ2) is 10.7. The maximum absolute atomic E-state index is 13.7. The Bertz CT molecular complexity index is 1570. The number of hydrogen-bond acceptors (Lipinski definition) is 6. The summed E-state index contributed by atoms with van der Waals surface area (Å²) in [5.74, 6) is 1.18. The monoisotopic (exact) mass is 572 g/mol. The molecule has 196 valence electrons. The van der Waals surface area contributed by atoms with Crippen LogP contribution >= 0.6 is 31.3 Å². The number of phosphoric ester groups is 1. The van der Waals surface area contributed by atoms with Crippen LogP contribution < -0.4 is 4.74 Å². The molecule has 5 nitrogen and oxygen atoms in total. The summed E-state index contributed by atoms with van der Waals surface area (Å²) in [6.07, 6.45) is 4.40. The summed E-state index contributed by atoms with van der Waals surface area (Å²) < 4.78 is 31.1. The highest BCUT2D eigenvalue weighted by Gasteiger charge is 2.33. The van der Waals surface area contributed by atoms with Crippen LogP contribution in [0, 0.1) is 0 Å². The SMILES string of the molecule is CCc1cccc2c1Sc1ccccc1C=C2OP(=O)(O)OC1=Cc2ccccc2Sc2c(OC)cccc21.